The van der Waals surface area contributed by atoms with Crippen molar-refractivity contribution >= 4 is 22.5 Å². The van der Waals surface area contributed by atoms with Crippen LogP contribution in [0.25, 0.3) is 10.8 Å². The SMILES string of the molecule is CNc1nc(C(=O)NCC(C)(C)OC)cc2ccccc12. The van der Waals surface area contributed by atoms with Gasteiger partial charge in [0.1, 0.15) is 11.5 Å². The summed E-state index contributed by atoms with van der Waals surface area (Å²) in [5.74, 6) is 0.492. The van der Waals surface area contributed by atoms with E-state index >= 15 is 0 Å². The highest BCUT2D eigenvalue weighted by Gasteiger charge is 2.19. The Morgan fingerprint density at radius 1 is 1.33 bits per heavy atom. The fourth-order valence-electron chi connectivity index (χ4n) is 1.96. The molecule has 21 heavy (non-hydrogen) atoms. The lowest BCUT2D eigenvalue weighted by Crippen LogP contribution is -2.40. The van der Waals surface area contributed by atoms with E-state index < -0.39 is 5.60 Å². The first-order chi connectivity index (χ1) is 9.96. The molecule has 0 fully saturated rings. The van der Waals surface area contributed by atoms with E-state index in [1.165, 1.54) is 0 Å². The van der Waals surface area contributed by atoms with Crippen LogP contribution in [-0.2, 0) is 4.74 Å². The van der Waals surface area contributed by atoms with E-state index in [-0.39, 0.29) is 5.91 Å². The molecule has 1 aromatic heterocycles. The van der Waals surface area contributed by atoms with Gasteiger partial charge >= 0.3 is 0 Å². The van der Waals surface area contributed by atoms with Gasteiger partial charge in [0.2, 0.25) is 0 Å². The number of fused-ring (bicyclic) bond motifs is 1. The predicted octanol–water partition coefficient (Wildman–Crippen LogP) is 2.43. The first-order valence-corrected chi connectivity index (χ1v) is 6.88. The number of aromatic nitrogens is 1. The molecule has 0 unspecified atom stereocenters. The second-order valence-electron chi connectivity index (χ2n) is 5.47. The molecule has 2 N–H and O–H groups in total. The number of hydrogen-bond donors (Lipinski definition) is 2. The third-order valence-corrected chi connectivity index (χ3v) is 3.44. The lowest BCUT2D eigenvalue weighted by Gasteiger charge is -2.23. The summed E-state index contributed by atoms with van der Waals surface area (Å²) in [7, 11) is 3.42. The molecule has 0 bridgehead atoms. The highest BCUT2D eigenvalue weighted by Crippen LogP contribution is 2.22. The molecule has 5 heteroatoms. The maximum Gasteiger partial charge on any atom is 0.270 e. The fourth-order valence-corrected chi connectivity index (χ4v) is 1.96. The number of amides is 1. The van der Waals surface area contributed by atoms with Gasteiger partial charge in [0.15, 0.2) is 0 Å². The smallest absolute Gasteiger partial charge is 0.270 e. The third kappa shape index (κ3) is 3.49. The molecule has 112 valence electrons. The van der Waals surface area contributed by atoms with Gasteiger partial charge in [0.05, 0.1) is 5.60 Å². The Labute approximate surface area is 124 Å². The topological polar surface area (TPSA) is 63.2 Å². The molecule has 2 rings (SSSR count). The Morgan fingerprint density at radius 2 is 2.05 bits per heavy atom. The second-order valence-corrected chi connectivity index (χ2v) is 5.47. The van der Waals surface area contributed by atoms with Crippen molar-refractivity contribution in [2.24, 2.45) is 0 Å². The number of carbonyl (C=O) groups excluding carboxylic acids is 1. The zero-order chi connectivity index (χ0) is 15.5. The average Bonchev–Trinajstić information content (AvgIpc) is 2.51. The molecule has 1 heterocycles. The molecule has 1 amide bonds. The van der Waals surface area contributed by atoms with E-state index in [0.29, 0.717) is 18.1 Å². The van der Waals surface area contributed by atoms with Gasteiger partial charge in [-0.3, -0.25) is 4.79 Å². The Kier molecular flexibility index (Phi) is 4.43. The molecule has 0 radical (unpaired) electrons. The molecule has 0 aliphatic heterocycles. The summed E-state index contributed by atoms with van der Waals surface area (Å²) < 4.78 is 5.29. The highest BCUT2D eigenvalue weighted by atomic mass is 16.5. The molecular weight excluding hydrogens is 266 g/mol. The van der Waals surface area contributed by atoms with Crippen molar-refractivity contribution in [1.29, 1.82) is 0 Å². The van der Waals surface area contributed by atoms with Crippen LogP contribution in [-0.4, -0.2) is 37.2 Å². The molecule has 0 aliphatic rings. The van der Waals surface area contributed by atoms with Crippen molar-refractivity contribution in [3.63, 3.8) is 0 Å². The normalized spacial score (nSPS) is 11.4. The van der Waals surface area contributed by atoms with Crippen molar-refractivity contribution in [1.82, 2.24) is 10.3 Å². The van der Waals surface area contributed by atoms with Crippen LogP contribution in [0, 0.1) is 0 Å². The minimum Gasteiger partial charge on any atom is -0.377 e. The lowest BCUT2D eigenvalue weighted by molar-refractivity contribution is 0.0228. The Morgan fingerprint density at radius 3 is 2.71 bits per heavy atom. The fraction of sp³-hybridized carbons (Fsp3) is 0.375. The molecule has 5 nitrogen and oxygen atoms in total. The van der Waals surface area contributed by atoms with Crippen LogP contribution in [0.15, 0.2) is 30.3 Å². The van der Waals surface area contributed by atoms with Crippen molar-refractivity contribution in [2.45, 2.75) is 19.4 Å². The number of methoxy groups -OCH3 is 1. The summed E-state index contributed by atoms with van der Waals surface area (Å²) in [4.78, 5) is 16.6. The molecular formula is C16H21N3O2. The van der Waals surface area contributed by atoms with Crippen LogP contribution in [0.4, 0.5) is 5.82 Å². The second kappa shape index (κ2) is 6.10. The average molecular weight is 287 g/mol. The van der Waals surface area contributed by atoms with Gasteiger partial charge in [-0.2, -0.15) is 0 Å². The molecule has 1 aromatic carbocycles. The van der Waals surface area contributed by atoms with E-state index in [0.717, 1.165) is 10.8 Å². The maximum absolute atomic E-state index is 12.3. The standard InChI is InChI=1S/C16H21N3O2/c1-16(2,21-4)10-18-15(20)13-9-11-7-5-6-8-12(11)14(17-3)19-13/h5-9H,10H2,1-4H3,(H,17,19)(H,18,20). The number of nitrogens with zero attached hydrogens (tertiary/aromatic N) is 1. The first-order valence-electron chi connectivity index (χ1n) is 6.88. The Hall–Kier alpha value is -2.14. The molecule has 0 saturated heterocycles. The van der Waals surface area contributed by atoms with E-state index in [1.54, 1.807) is 20.2 Å². The number of carbonyl (C=O) groups is 1. The molecule has 0 aliphatic carbocycles. The largest absolute Gasteiger partial charge is 0.377 e. The number of ether oxygens (including phenoxy) is 1. The Bertz CT molecular complexity index is 653. The highest BCUT2D eigenvalue weighted by molar-refractivity contribution is 6.00. The quantitative estimate of drug-likeness (QED) is 0.886. The third-order valence-electron chi connectivity index (χ3n) is 3.44. The summed E-state index contributed by atoms with van der Waals surface area (Å²) in [6.45, 7) is 4.26. The molecule has 0 spiro atoms. The van der Waals surface area contributed by atoms with E-state index in [9.17, 15) is 4.79 Å². The predicted molar refractivity (Wildman–Crippen MR) is 84.7 cm³/mol. The van der Waals surface area contributed by atoms with Crippen LogP contribution in [0.3, 0.4) is 0 Å². The van der Waals surface area contributed by atoms with Crippen molar-refractivity contribution in [2.75, 3.05) is 26.0 Å². The summed E-state index contributed by atoms with van der Waals surface area (Å²) in [5, 5.41) is 7.86. The van der Waals surface area contributed by atoms with Crippen LogP contribution in [0.2, 0.25) is 0 Å². The molecule has 0 saturated carbocycles. The van der Waals surface area contributed by atoms with Gasteiger partial charge in [-0.1, -0.05) is 24.3 Å². The lowest BCUT2D eigenvalue weighted by atomic mass is 10.1. The van der Waals surface area contributed by atoms with Gasteiger partial charge in [-0.05, 0) is 25.3 Å². The van der Waals surface area contributed by atoms with Crippen molar-refractivity contribution in [3.8, 4) is 0 Å². The Balaban J connectivity index is 2.27. The summed E-state index contributed by atoms with van der Waals surface area (Å²) in [6.07, 6.45) is 0. The minimum atomic E-state index is -0.404. The minimum absolute atomic E-state index is 0.206. The summed E-state index contributed by atoms with van der Waals surface area (Å²) in [5.41, 5.74) is -0.0109. The van der Waals surface area contributed by atoms with Crippen LogP contribution in [0.5, 0.6) is 0 Å². The molecule has 0 atom stereocenters. The molecule has 2 aromatic rings. The van der Waals surface area contributed by atoms with E-state index in [1.807, 2.05) is 38.1 Å². The maximum atomic E-state index is 12.3. The number of nitrogens with one attached hydrogen (secondary N) is 2. The number of benzene rings is 1. The van der Waals surface area contributed by atoms with Crippen LogP contribution in [0.1, 0.15) is 24.3 Å². The van der Waals surface area contributed by atoms with Gasteiger partial charge in [-0.25, -0.2) is 4.98 Å². The van der Waals surface area contributed by atoms with Gasteiger partial charge < -0.3 is 15.4 Å². The van der Waals surface area contributed by atoms with Crippen molar-refractivity contribution in [3.05, 3.63) is 36.0 Å². The number of rotatable bonds is 5. The van der Waals surface area contributed by atoms with Crippen molar-refractivity contribution < 1.29 is 9.53 Å². The van der Waals surface area contributed by atoms with E-state index in [2.05, 4.69) is 15.6 Å². The van der Waals surface area contributed by atoms with Gasteiger partial charge in [-0.15, -0.1) is 0 Å². The summed E-state index contributed by atoms with van der Waals surface area (Å²) >= 11 is 0. The number of anilines is 1. The zero-order valence-corrected chi connectivity index (χ0v) is 12.9. The zero-order valence-electron chi connectivity index (χ0n) is 12.9. The monoisotopic (exact) mass is 287 g/mol. The van der Waals surface area contributed by atoms with Crippen LogP contribution >= 0.6 is 0 Å². The first kappa shape index (κ1) is 15.3. The number of hydrogen-bond acceptors (Lipinski definition) is 4. The number of pyridine rings is 1. The van der Waals surface area contributed by atoms with Gasteiger partial charge in [0, 0.05) is 26.1 Å². The van der Waals surface area contributed by atoms with Crippen LogP contribution < -0.4 is 10.6 Å². The summed E-state index contributed by atoms with van der Waals surface area (Å²) in [6, 6.07) is 9.63. The van der Waals surface area contributed by atoms with E-state index in [4.69, 9.17) is 4.74 Å². The van der Waals surface area contributed by atoms with Gasteiger partial charge in [0.25, 0.3) is 5.91 Å².